The van der Waals surface area contributed by atoms with Gasteiger partial charge < -0.3 is 5.11 Å². The van der Waals surface area contributed by atoms with Crippen LogP contribution >= 0.6 is 0 Å². The van der Waals surface area contributed by atoms with Crippen LogP contribution in [0.2, 0.25) is 0 Å². The van der Waals surface area contributed by atoms with Gasteiger partial charge in [0.15, 0.2) is 0 Å². The van der Waals surface area contributed by atoms with E-state index in [0.717, 1.165) is 5.56 Å². The Morgan fingerprint density at radius 1 is 0.952 bits per heavy atom. The Hall–Kier alpha value is -2.33. The third-order valence-electron chi connectivity index (χ3n) is 2.80. The molecule has 0 aliphatic carbocycles. The Labute approximate surface area is 124 Å². The first-order valence-corrected chi connectivity index (χ1v) is 6.55. The molecule has 2 aromatic carbocycles. The average molecular weight is 288 g/mol. The summed E-state index contributed by atoms with van der Waals surface area (Å²) in [5.41, 5.74) is 1.37. The molecule has 0 unspecified atom stereocenters. The summed E-state index contributed by atoms with van der Waals surface area (Å²) in [5.74, 6) is -0.347. The van der Waals surface area contributed by atoms with Gasteiger partial charge in [-0.1, -0.05) is 57.2 Å². The van der Waals surface area contributed by atoms with Gasteiger partial charge in [-0.15, -0.1) is 0 Å². The second-order valence-electron chi connectivity index (χ2n) is 5.51. The maximum Gasteiger partial charge on any atom is 0.372 e. The van der Waals surface area contributed by atoms with Crippen LogP contribution in [0.5, 0.6) is 5.75 Å². The summed E-state index contributed by atoms with van der Waals surface area (Å²) in [5, 5.41) is 17.4. The van der Waals surface area contributed by atoms with E-state index in [1.165, 1.54) is 0 Å². The van der Waals surface area contributed by atoms with E-state index in [1.54, 1.807) is 36.4 Å². The normalized spacial score (nSPS) is 10.3. The summed E-state index contributed by atoms with van der Waals surface area (Å²) in [6, 6.07) is 15.7. The molecule has 2 rings (SSSR count). The highest BCUT2D eigenvalue weighted by Gasteiger charge is 2.16. The molecule has 0 bridgehead atoms. The van der Waals surface area contributed by atoms with Gasteiger partial charge in [0.25, 0.3) is 0 Å². The maximum atomic E-state index is 10.5. The van der Waals surface area contributed by atoms with Crippen LogP contribution in [0.15, 0.2) is 54.6 Å². The van der Waals surface area contributed by atoms with Gasteiger partial charge in [0, 0.05) is 0 Å². The van der Waals surface area contributed by atoms with E-state index in [1.807, 2.05) is 18.2 Å². The molecule has 0 aliphatic rings. The van der Waals surface area contributed by atoms with Crippen LogP contribution in [0, 0.1) is 0 Å². The SMILES string of the molecule is CC(C)(C)c1ccccc1O.O=C(OO)c1ccccc1. The van der Waals surface area contributed by atoms with Gasteiger partial charge in [-0.2, -0.15) is 5.26 Å². The van der Waals surface area contributed by atoms with E-state index in [0.29, 0.717) is 11.3 Å². The van der Waals surface area contributed by atoms with Gasteiger partial charge in [0.2, 0.25) is 0 Å². The van der Waals surface area contributed by atoms with Crippen LogP contribution in [0.4, 0.5) is 0 Å². The van der Waals surface area contributed by atoms with Crippen LogP contribution < -0.4 is 0 Å². The first-order chi connectivity index (χ1) is 9.86. The maximum absolute atomic E-state index is 10.5. The van der Waals surface area contributed by atoms with Crippen LogP contribution in [-0.2, 0) is 10.3 Å². The minimum Gasteiger partial charge on any atom is -0.508 e. The Balaban J connectivity index is 0.000000211. The van der Waals surface area contributed by atoms with E-state index in [2.05, 4.69) is 25.7 Å². The van der Waals surface area contributed by atoms with Crippen molar-refractivity contribution in [1.29, 1.82) is 0 Å². The van der Waals surface area contributed by atoms with Crippen molar-refractivity contribution in [3.8, 4) is 5.75 Å². The van der Waals surface area contributed by atoms with Crippen molar-refractivity contribution in [2.45, 2.75) is 26.2 Å². The number of carbonyl (C=O) groups is 1. The number of hydrogen-bond acceptors (Lipinski definition) is 4. The largest absolute Gasteiger partial charge is 0.508 e. The van der Waals surface area contributed by atoms with Crippen molar-refractivity contribution >= 4 is 5.97 Å². The quantitative estimate of drug-likeness (QED) is 0.614. The predicted molar refractivity (Wildman–Crippen MR) is 81.3 cm³/mol. The molecule has 0 spiro atoms. The summed E-state index contributed by atoms with van der Waals surface area (Å²) in [6.45, 7) is 6.26. The number of hydrogen-bond donors (Lipinski definition) is 2. The van der Waals surface area contributed by atoms with Gasteiger partial charge in [0.1, 0.15) is 5.75 Å². The molecule has 2 aromatic rings. The lowest BCUT2D eigenvalue weighted by Gasteiger charge is -2.19. The minimum atomic E-state index is -0.736. The molecular formula is C17H20O4. The van der Waals surface area contributed by atoms with Crippen molar-refractivity contribution in [2.24, 2.45) is 0 Å². The lowest BCUT2D eigenvalue weighted by Crippen LogP contribution is -2.10. The number of para-hydroxylation sites is 1. The van der Waals surface area contributed by atoms with Crippen molar-refractivity contribution < 1.29 is 20.0 Å². The monoisotopic (exact) mass is 288 g/mol. The summed E-state index contributed by atoms with van der Waals surface area (Å²) in [7, 11) is 0. The molecule has 112 valence electrons. The topological polar surface area (TPSA) is 66.8 Å². The zero-order chi connectivity index (χ0) is 15.9. The molecule has 2 N–H and O–H groups in total. The van der Waals surface area contributed by atoms with E-state index >= 15 is 0 Å². The molecule has 0 amide bonds. The van der Waals surface area contributed by atoms with Crippen molar-refractivity contribution in [3.05, 3.63) is 65.7 Å². The van der Waals surface area contributed by atoms with Gasteiger partial charge in [0.05, 0.1) is 5.56 Å². The van der Waals surface area contributed by atoms with Crippen molar-refractivity contribution in [1.82, 2.24) is 0 Å². The third-order valence-corrected chi connectivity index (χ3v) is 2.80. The van der Waals surface area contributed by atoms with Gasteiger partial charge >= 0.3 is 5.97 Å². The van der Waals surface area contributed by atoms with Crippen LogP contribution in [-0.4, -0.2) is 16.3 Å². The molecule has 0 radical (unpaired) electrons. The molecule has 0 saturated carbocycles. The second kappa shape index (κ2) is 7.45. The van der Waals surface area contributed by atoms with E-state index in [9.17, 15) is 9.90 Å². The highest BCUT2D eigenvalue weighted by atomic mass is 17.1. The molecule has 0 heterocycles. The second-order valence-corrected chi connectivity index (χ2v) is 5.51. The summed E-state index contributed by atoms with van der Waals surface area (Å²) < 4.78 is 0. The Morgan fingerprint density at radius 2 is 1.48 bits per heavy atom. The molecule has 21 heavy (non-hydrogen) atoms. The fourth-order valence-corrected chi connectivity index (χ4v) is 1.73. The molecule has 4 nitrogen and oxygen atoms in total. The van der Waals surface area contributed by atoms with Crippen LogP contribution in [0.1, 0.15) is 36.7 Å². The highest BCUT2D eigenvalue weighted by molar-refractivity contribution is 5.88. The molecular weight excluding hydrogens is 268 g/mol. The fourth-order valence-electron chi connectivity index (χ4n) is 1.73. The average Bonchev–Trinajstić information content (AvgIpc) is 2.47. The number of phenols is 1. The van der Waals surface area contributed by atoms with E-state index < -0.39 is 5.97 Å². The summed E-state index contributed by atoms with van der Waals surface area (Å²) in [4.78, 5) is 14.0. The first-order valence-electron chi connectivity index (χ1n) is 6.55. The van der Waals surface area contributed by atoms with Crippen LogP contribution in [0.3, 0.4) is 0 Å². The number of benzene rings is 2. The van der Waals surface area contributed by atoms with Crippen molar-refractivity contribution in [2.75, 3.05) is 0 Å². The number of rotatable bonds is 1. The molecule has 0 aliphatic heterocycles. The molecule has 4 heteroatoms. The van der Waals surface area contributed by atoms with E-state index in [4.69, 9.17) is 5.26 Å². The smallest absolute Gasteiger partial charge is 0.372 e. The van der Waals surface area contributed by atoms with Gasteiger partial charge in [-0.25, -0.2) is 4.79 Å². The zero-order valence-electron chi connectivity index (χ0n) is 12.4. The van der Waals surface area contributed by atoms with Crippen molar-refractivity contribution in [3.63, 3.8) is 0 Å². The zero-order valence-corrected chi connectivity index (χ0v) is 12.4. The lowest BCUT2D eigenvalue weighted by molar-refractivity contribution is -0.182. The number of aromatic hydroxyl groups is 1. The van der Waals surface area contributed by atoms with E-state index in [-0.39, 0.29) is 5.41 Å². The molecule has 0 aromatic heterocycles. The number of phenolic OH excluding ortho intramolecular Hbond substituents is 1. The molecule has 0 saturated heterocycles. The standard InChI is InChI=1S/C10H14O.C7H6O3/c1-10(2,3)8-6-4-5-7-9(8)11;8-7(10-9)6-4-2-1-3-5-6/h4-7,11H,1-3H3;1-5,9H. The fraction of sp³-hybridized carbons (Fsp3) is 0.235. The number of carbonyl (C=O) groups excluding carboxylic acids is 1. The summed E-state index contributed by atoms with van der Waals surface area (Å²) in [6.07, 6.45) is 0. The Morgan fingerprint density at radius 3 is 1.90 bits per heavy atom. The molecule has 0 atom stereocenters. The predicted octanol–water partition coefficient (Wildman–Crippen LogP) is 4.01. The van der Waals surface area contributed by atoms with Crippen LogP contribution in [0.25, 0.3) is 0 Å². The lowest BCUT2D eigenvalue weighted by atomic mass is 9.86. The summed E-state index contributed by atoms with van der Waals surface area (Å²) >= 11 is 0. The Kier molecular flexibility index (Phi) is 5.93. The third kappa shape index (κ3) is 5.28. The van der Waals surface area contributed by atoms with Gasteiger partial charge in [-0.05, 0) is 29.2 Å². The highest BCUT2D eigenvalue weighted by Crippen LogP contribution is 2.29. The first kappa shape index (κ1) is 16.7. The minimum absolute atomic E-state index is 0.0331. The van der Waals surface area contributed by atoms with Gasteiger partial charge in [-0.3, -0.25) is 4.89 Å². The Bertz CT molecular complexity index is 571. The molecule has 0 fully saturated rings.